The highest BCUT2D eigenvalue weighted by atomic mass is 15.1. The van der Waals surface area contributed by atoms with Gasteiger partial charge in [-0.25, -0.2) is 0 Å². The van der Waals surface area contributed by atoms with Crippen molar-refractivity contribution in [3.63, 3.8) is 0 Å². The number of nitrogens with zero attached hydrogens (tertiary/aromatic N) is 1. The van der Waals surface area contributed by atoms with Gasteiger partial charge in [0.05, 0.1) is 0 Å². The average molecular weight is 260 g/mol. The van der Waals surface area contributed by atoms with Crippen molar-refractivity contribution < 1.29 is 0 Å². The van der Waals surface area contributed by atoms with Crippen molar-refractivity contribution in [3.8, 4) is 0 Å². The third kappa shape index (κ3) is 4.54. The second-order valence-corrected chi connectivity index (χ2v) is 6.27. The van der Waals surface area contributed by atoms with E-state index < -0.39 is 0 Å². The number of rotatable bonds is 5. The van der Waals surface area contributed by atoms with Crippen LogP contribution in [0.2, 0.25) is 0 Å². The largest absolute Gasteiger partial charge is 0.399 e. The smallest absolute Gasteiger partial charge is 0.0316 e. The molecule has 0 unspecified atom stereocenters. The van der Waals surface area contributed by atoms with Crippen molar-refractivity contribution in [1.29, 1.82) is 0 Å². The van der Waals surface area contributed by atoms with Gasteiger partial charge in [-0.15, -0.1) is 0 Å². The first-order valence-corrected chi connectivity index (χ1v) is 7.72. The molecule has 0 aliphatic carbocycles. The summed E-state index contributed by atoms with van der Waals surface area (Å²) in [5, 5.41) is 0. The number of benzene rings is 1. The van der Waals surface area contributed by atoms with Gasteiger partial charge in [-0.05, 0) is 74.8 Å². The topological polar surface area (TPSA) is 29.3 Å². The van der Waals surface area contributed by atoms with E-state index in [0.717, 1.165) is 23.9 Å². The lowest BCUT2D eigenvalue weighted by Crippen LogP contribution is -2.35. The van der Waals surface area contributed by atoms with Crippen molar-refractivity contribution >= 4 is 5.69 Å². The Bertz CT molecular complexity index is 379. The Labute approximate surface area is 118 Å². The van der Waals surface area contributed by atoms with Crippen LogP contribution in [0, 0.1) is 11.8 Å². The van der Waals surface area contributed by atoms with Gasteiger partial charge in [0.15, 0.2) is 0 Å². The van der Waals surface area contributed by atoms with Crippen molar-refractivity contribution in [2.24, 2.45) is 11.8 Å². The maximum absolute atomic E-state index is 5.81. The average Bonchev–Trinajstić information content (AvgIpc) is 2.39. The zero-order chi connectivity index (χ0) is 13.7. The molecule has 1 aliphatic rings. The molecule has 1 heterocycles. The SMILES string of the molecule is CC(C)C1CCN(CCCc2cccc(N)c2)CC1. The minimum Gasteiger partial charge on any atom is -0.399 e. The summed E-state index contributed by atoms with van der Waals surface area (Å²) in [6.45, 7) is 8.54. The van der Waals surface area contributed by atoms with E-state index in [1.165, 1.54) is 44.5 Å². The van der Waals surface area contributed by atoms with E-state index in [0.29, 0.717) is 0 Å². The molecule has 0 atom stereocenters. The second kappa shape index (κ2) is 6.95. The summed E-state index contributed by atoms with van der Waals surface area (Å²) < 4.78 is 0. The number of hydrogen-bond donors (Lipinski definition) is 1. The molecule has 0 radical (unpaired) electrons. The Morgan fingerprint density at radius 3 is 2.63 bits per heavy atom. The van der Waals surface area contributed by atoms with E-state index in [2.05, 4.69) is 36.9 Å². The highest BCUT2D eigenvalue weighted by Gasteiger charge is 2.20. The third-order valence-electron chi connectivity index (χ3n) is 4.47. The van der Waals surface area contributed by atoms with E-state index in [9.17, 15) is 0 Å². The maximum atomic E-state index is 5.81. The molecule has 1 fully saturated rings. The Balaban J connectivity index is 1.67. The first-order chi connectivity index (χ1) is 9.15. The van der Waals surface area contributed by atoms with Gasteiger partial charge in [0.1, 0.15) is 0 Å². The van der Waals surface area contributed by atoms with Gasteiger partial charge in [0, 0.05) is 5.69 Å². The lowest BCUT2D eigenvalue weighted by molar-refractivity contribution is 0.157. The standard InChI is InChI=1S/C17H28N2/c1-14(2)16-8-11-19(12-9-16)10-4-6-15-5-3-7-17(18)13-15/h3,5,7,13-14,16H,4,6,8-12,18H2,1-2H3. The third-order valence-corrected chi connectivity index (χ3v) is 4.47. The Morgan fingerprint density at radius 2 is 2.00 bits per heavy atom. The molecule has 2 rings (SSSR count). The van der Waals surface area contributed by atoms with Crippen molar-refractivity contribution in [3.05, 3.63) is 29.8 Å². The van der Waals surface area contributed by atoms with Gasteiger partial charge < -0.3 is 10.6 Å². The molecular weight excluding hydrogens is 232 g/mol. The van der Waals surface area contributed by atoms with Crippen LogP contribution in [0.25, 0.3) is 0 Å². The van der Waals surface area contributed by atoms with Gasteiger partial charge in [0.2, 0.25) is 0 Å². The summed E-state index contributed by atoms with van der Waals surface area (Å²) in [5.74, 6) is 1.81. The van der Waals surface area contributed by atoms with Crippen LogP contribution in [0.5, 0.6) is 0 Å². The normalized spacial score (nSPS) is 18.1. The summed E-state index contributed by atoms with van der Waals surface area (Å²) in [4.78, 5) is 2.63. The molecule has 0 bridgehead atoms. The molecular formula is C17H28N2. The molecule has 2 heteroatoms. The first kappa shape index (κ1) is 14.4. The summed E-state index contributed by atoms with van der Waals surface area (Å²) in [5.41, 5.74) is 8.06. The van der Waals surface area contributed by atoms with Crippen LogP contribution >= 0.6 is 0 Å². The quantitative estimate of drug-likeness (QED) is 0.820. The lowest BCUT2D eigenvalue weighted by atomic mass is 9.86. The van der Waals surface area contributed by atoms with Crippen LogP contribution < -0.4 is 5.73 Å². The molecule has 0 spiro atoms. The van der Waals surface area contributed by atoms with Crippen LogP contribution in [-0.4, -0.2) is 24.5 Å². The molecule has 19 heavy (non-hydrogen) atoms. The predicted molar refractivity (Wildman–Crippen MR) is 83.2 cm³/mol. The minimum absolute atomic E-state index is 0.856. The van der Waals surface area contributed by atoms with Gasteiger partial charge >= 0.3 is 0 Å². The van der Waals surface area contributed by atoms with E-state index >= 15 is 0 Å². The van der Waals surface area contributed by atoms with Crippen LogP contribution in [-0.2, 0) is 6.42 Å². The molecule has 1 aliphatic heterocycles. The fourth-order valence-corrected chi connectivity index (χ4v) is 3.10. The summed E-state index contributed by atoms with van der Waals surface area (Å²) in [7, 11) is 0. The first-order valence-electron chi connectivity index (χ1n) is 7.72. The van der Waals surface area contributed by atoms with Crippen LogP contribution in [0.15, 0.2) is 24.3 Å². The van der Waals surface area contributed by atoms with E-state index in [1.54, 1.807) is 0 Å². The number of nitrogen functional groups attached to an aromatic ring is 1. The van der Waals surface area contributed by atoms with Gasteiger partial charge in [-0.2, -0.15) is 0 Å². The monoisotopic (exact) mass is 260 g/mol. The van der Waals surface area contributed by atoms with E-state index in [4.69, 9.17) is 5.73 Å². The van der Waals surface area contributed by atoms with Gasteiger partial charge in [0.25, 0.3) is 0 Å². The molecule has 2 N–H and O–H groups in total. The molecule has 0 saturated carbocycles. The molecule has 1 saturated heterocycles. The number of hydrogen-bond acceptors (Lipinski definition) is 2. The molecule has 106 valence electrons. The maximum Gasteiger partial charge on any atom is 0.0316 e. The fourth-order valence-electron chi connectivity index (χ4n) is 3.10. The zero-order valence-corrected chi connectivity index (χ0v) is 12.4. The van der Waals surface area contributed by atoms with E-state index in [-0.39, 0.29) is 0 Å². The number of piperidine rings is 1. The number of anilines is 1. The lowest BCUT2D eigenvalue weighted by Gasteiger charge is -2.33. The van der Waals surface area contributed by atoms with Crippen molar-refractivity contribution in [1.82, 2.24) is 4.90 Å². The van der Waals surface area contributed by atoms with Crippen LogP contribution in [0.3, 0.4) is 0 Å². The summed E-state index contributed by atoms with van der Waals surface area (Å²) in [6.07, 6.45) is 5.16. The summed E-state index contributed by atoms with van der Waals surface area (Å²) in [6, 6.07) is 8.30. The molecule has 0 aromatic heterocycles. The Kier molecular flexibility index (Phi) is 5.26. The second-order valence-electron chi connectivity index (χ2n) is 6.27. The molecule has 2 nitrogen and oxygen atoms in total. The fraction of sp³-hybridized carbons (Fsp3) is 0.647. The molecule has 1 aromatic carbocycles. The molecule has 1 aromatic rings. The number of likely N-dealkylation sites (tertiary alicyclic amines) is 1. The van der Waals surface area contributed by atoms with Gasteiger partial charge in [-0.3, -0.25) is 0 Å². The van der Waals surface area contributed by atoms with E-state index in [1.807, 2.05) is 6.07 Å². The van der Waals surface area contributed by atoms with Crippen LogP contribution in [0.1, 0.15) is 38.7 Å². The van der Waals surface area contributed by atoms with Gasteiger partial charge in [-0.1, -0.05) is 26.0 Å². The minimum atomic E-state index is 0.856. The zero-order valence-electron chi connectivity index (χ0n) is 12.4. The number of nitrogens with two attached hydrogens (primary N) is 1. The highest BCUT2D eigenvalue weighted by Crippen LogP contribution is 2.24. The Hall–Kier alpha value is -1.02. The summed E-state index contributed by atoms with van der Waals surface area (Å²) >= 11 is 0. The van der Waals surface area contributed by atoms with Crippen molar-refractivity contribution in [2.75, 3.05) is 25.4 Å². The van der Waals surface area contributed by atoms with Crippen LogP contribution in [0.4, 0.5) is 5.69 Å². The predicted octanol–water partition coefficient (Wildman–Crippen LogP) is 3.57. The highest BCUT2D eigenvalue weighted by molar-refractivity contribution is 5.40. The molecule has 0 amide bonds. The number of aryl methyl sites for hydroxylation is 1. The van der Waals surface area contributed by atoms with Crippen molar-refractivity contribution in [2.45, 2.75) is 39.5 Å². The Morgan fingerprint density at radius 1 is 1.26 bits per heavy atom.